The van der Waals surface area contributed by atoms with Gasteiger partial charge in [-0.25, -0.2) is 0 Å². The lowest BCUT2D eigenvalue weighted by molar-refractivity contribution is 0.0913. The molecule has 0 spiro atoms. The lowest BCUT2D eigenvalue weighted by Gasteiger charge is -2.34. The summed E-state index contributed by atoms with van der Waals surface area (Å²) in [5, 5.41) is 9.37. The smallest absolute Gasteiger partial charge is 0.118 e. The molecule has 1 saturated heterocycles. The first-order chi connectivity index (χ1) is 8.83. The molecule has 2 rings (SSSR count). The van der Waals surface area contributed by atoms with Crippen molar-refractivity contribution in [1.82, 2.24) is 4.90 Å². The van der Waals surface area contributed by atoms with Gasteiger partial charge in [0.05, 0.1) is 13.7 Å². The van der Waals surface area contributed by atoms with Crippen molar-refractivity contribution < 1.29 is 9.84 Å². The zero-order valence-corrected chi connectivity index (χ0v) is 11.1. The normalized spacial score (nSPS) is 20.9. The van der Waals surface area contributed by atoms with Gasteiger partial charge in [0, 0.05) is 12.6 Å². The fourth-order valence-electron chi connectivity index (χ4n) is 2.63. The van der Waals surface area contributed by atoms with Crippen LogP contribution in [0.1, 0.15) is 24.8 Å². The summed E-state index contributed by atoms with van der Waals surface area (Å²) >= 11 is 0. The molecular formula is C15H23NO2. The minimum absolute atomic E-state index is 0.294. The van der Waals surface area contributed by atoms with E-state index in [9.17, 15) is 5.11 Å². The summed E-state index contributed by atoms with van der Waals surface area (Å²) in [6.07, 6.45) is 4.70. The number of aliphatic hydroxyl groups is 1. The van der Waals surface area contributed by atoms with Crippen molar-refractivity contribution >= 4 is 0 Å². The SMILES string of the molecule is COc1ccc(CCN2CCCC[C@H]2CO)cc1. The van der Waals surface area contributed by atoms with E-state index in [1.54, 1.807) is 7.11 Å². The van der Waals surface area contributed by atoms with E-state index >= 15 is 0 Å². The highest BCUT2D eigenvalue weighted by molar-refractivity contribution is 5.27. The molecule has 0 aromatic heterocycles. The number of hydrogen-bond acceptors (Lipinski definition) is 3. The number of nitrogens with zero attached hydrogens (tertiary/aromatic N) is 1. The Hall–Kier alpha value is -1.06. The van der Waals surface area contributed by atoms with Crippen LogP contribution >= 0.6 is 0 Å². The average molecular weight is 249 g/mol. The highest BCUT2D eigenvalue weighted by atomic mass is 16.5. The molecule has 1 aromatic carbocycles. The fraction of sp³-hybridized carbons (Fsp3) is 0.600. The molecule has 1 aliphatic heterocycles. The van der Waals surface area contributed by atoms with E-state index in [0.717, 1.165) is 31.7 Å². The summed E-state index contributed by atoms with van der Waals surface area (Å²) in [6.45, 7) is 2.46. The molecule has 1 aliphatic rings. The van der Waals surface area contributed by atoms with E-state index in [-0.39, 0.29) is 0 Å². The van der Waals surface area contributed by atoms with Crippen LogP contribution in [0.5, 0.6) is 5.75 Å². The van der Waals surface area contributed by atoms with Gasteiger partial charge in [0.25, 0.3) is 0 Å². The lowest BCUT2D eigenvalue weighted by atomic mass is 10.0. The Labute approximate surface area is 109 Å². The van der Waals surface area contributed by atoms with Gasteiger partial charge in [-0.1, -0.05) is 18.6 Å². The van der Waals surface area contributed by atoms with Crippen LogP contribution < -0.4 is 4.74 Å². The van der Waals surface area contributed by atoms with Gasteiger partial charge in [-0.3, -0.25) is 4.90 Å². The van der Waals surface area contributed by atoms with Crippen molar-refractivity contribution in [2.75, 3.05) is 26.8 Å². The quantitative estimate of drug-likeness (QED) is 0.867. The standard InChI is InChI=1S/C15H23NO2/c1-18-15-7-5-13(6-8-15)9-11-16-10-3-2-4-14(16)12-17/h5-8,14,17H,2-4,9-12H2,1H3/t14-/m0/s1. The van der Waals surface area contributed by atoms with Crippen LogP contribution in [0, 0.1) is 0 Å². The van der Waals surface area contributed by atoms with Crippen LogP contribution in [0.2, 0.25) is 0 Å². The van der Waals surface area contributed by atoms with Gasteiger partial charge in [0.2, 0.25) is 0 Å². The zero-order chi connectivity index (χ0) is 12.8. The third-order valence-electron chi connectivity index (χ3n) is 3.81. The number of likely N-dealkylation sites (tertiary alicyclic amines) is 1. The molecule has 1 N–H and O–H groups in total. The van der Waals surface area contributed by atoms with Crippen molar-refractivity contribution in [3.63, 3.8) is 0 Å². The Morgan fingerprint density at radius 1 is 1.28 bits per heavy atom. The molecule has 0 amide bonds. The summed E-state index contributed by atoms with van der Waals surface area (Å²) in [7, 11) is 1.69. The number of rotatable bonds is 5. The monoisotopic (exact) mass is 249 g/mol. The topological polar surface area (TPSA) is 32.7 Å². The zero-order valence-electron chi connectivity index (χ0n) is 11.1. The Morgan fingerprint density at radius 2 is 2.06 bits per heavy atom. The maximum Gasteiger partial charge on any atom is 0.118 e. The number of hydrogen-bond donors (Lipinski definition) is 1. The van der Waals surface area contributed by atoms with Crippen molar-refractivity contribution in [3.05, 3.63) is 29.8 Å². The van der Waals surface area contributed by atoms with Crippen molar-refractivity contribution in [2.45, 2.75) is 31.7 Å². The first kappa shape index (κ1) is 13.4. The molecular weight excluding hydrogens is 226 g/mol. The van der Waals surface area contributed by atoms with Gasteiger partial charge in [0.1, 0.15) is 5.75 Å². The second-order valence-corrected chi connectivity index (χ2v) is 4.97. The largest absolute Gasteiger partial charge is 0.497 e. The Balaban J connectivity index is 1.85. The van der Waals surface area contributed by atoms with E-state index in [1.807, 2.05) is 12.1 Å². The third-order valence-corrected chi connectivity index (χ3v) is 3.81. The summed E-state index contributed by atoms with van der Waals surface area (Å²) in [6, 6.07) is 8.63. The van der Waals surface area contributed by atoms with Gasteiger partial charge in [0.15, 0.2) is 0 Å². The molecule has 3 heteroatoms. The molecule has 3 nitrogen and oxygen atoms in total. The molecule has 0 unspecified atom stereocenters. The fourth-order valence-corrected chi connectivity index (χ4v) is 2.63. The minimum atomic E-state index is 0.294. The molecule has 100 valence electrons. The van der Waals surface area contributed by atoms with Crippen LogP contribution in [0.25, 0.3) is 0 Å². The summed E-state index contributed by atoms with van der Waals surface area (Å²) in [5.41, 5.74) is 1.33. The molecule has 18 heavy (non-hydrogen) atoms. The first-order valence-corrected chi connectivity index (χ1v) is 6.81. The predicted molar refractivity (Wildman–Crippen MR) is 73.0 cm³/mol. The number of ether oxygens (including phenoxy) is 1. The third kappa shape index (κ3) is 3.47. The van der Waals surface area contributed by atoms with E-state index < -0.39 is 0 Å². The van der Waals surface area contributed by atoms with E-state index in [2.05, 4.69) is 17.0 Å². The van der Waals surface area contributed by atoms with Crippen LogP contribution in [0.3, 0.4) is 0 Å². The van der Waals surface area contributed by atoms with Crippen LogP contribution in [0.15, 0.2) is 24.3 Å². The number of methoxy groups -OCH3 is 1. The maximum atomic E-state index is 9.37. The van der Waals surface area contributed by atoms with Crippen molar-refractivity contribution in [2.24, 2.45) is 0 Å². The molecule has 1 aromatic rings. The maximum absolute atomic E-state index is 9.37. The van der Waals surface area contributed by atoms with Crippen LogP contribution in [-0.4, -0.2) is 42.9 Å². The lowest BCUT2D eigenvalue weighted by Crippen LogP contribution is -2.42. The predicted octanol–water partition coefficient (Wildman–Crippen LogP) is 2.08. The van der Waals surface area contributed by atoms with E-state index in [4.69, 9.17) is 4.74 Å². The number of piperidine rings is 1. The molecule has 0 radical (unpaired) electrons. The molecule has 0 aliphatic carbocycles. The summed E-state index contributed by atoms with van der Waals surface area (Å²) in [5.74, 6) is 0.907. The number of benzene rings is 1. The Bertz CT molecular complexity index is 350. The minimum Gasteiger partial charge on any atom is -0.497 e. The van der Waals surface area contributed by atoms with Crippen molar-refractivity contribution in [1.29, 1.82) is 0 Å². The highest BCUT2D eigenvalue weighted by Crippen LogP contribution is 2.18. The van der Waals surface area contributed by atoms with Gasteiger partial charge in [-0.05, 0) is 43.5 Å². The second kappa shape index (κ2) is 6.76. The van der Waals surface area contributed by atoms with Gasteiger partial charge in [-0.2, -0.15) is 0 Å². The van der Waals surface area contributed by atoms with Crippen LogP contribution in [0.4, 0.5) is 0 Å². The van der Waals surface area contributed by atoms with E-state index in [0.29, 0.717) is 12.6 Å². The second-order valence-electron chi connectivity index (χ2n) is 4.97. The molecule has 0 bridgehead atoms. The Morgan fingerprint density at radius 3 is 2.72 bits per heavy atom. The number of aliphatic hydroxyl groups excluding tert-OH is 1. The van der Waals surface area contributed by atoms with Crippen LogP contribution in [-0.2, 0) is 6.42 Å². The molecule has 1 heterocycles. The average Bonchev–Trinajstić information content (AvgIpc) is 2.46. The summed E-state index contributed by atoms with van der Waals surface area (Å²) < 4.78 is 5.15. The van der Waals surface area contributed by atoms with Gasteiger partial charge >= 0.3 is 0 Å². The van der Waals surface area contributed by atoms with Gasteiger partial charge in [-0.15, -0.1) is 0 Å². The van der Waals surface area contributed by atoms with E-state index in [1.165, 1.54) is 18.4 Å². The Kier molecular flexibility index (Phi) is 5.02. The van der Waals surface area contributed by atoms with Gasteiger partial charge < -0.3 is 9.84 Å². The molecule has 0 saturated carbocycles. The summed E-state index contributed by atoms with van der Waals surface area (Å²) in [4.78, 5) is 2.42. The highest BCUT2D eigenvalue weighted by Gasteiger charge is 2.20. The van der Waals surface area contributed by atoms with Crippen molar-refractivity contribution in [3.8, 4) is 5.75 Å². The molecule has 1 atom stereocenters. The molecule has 1 fully saturated rings. The first-order valence-electron chi connectivity index (χ1n) is 6.81.